The number of hydrogen-bond acceptors (Lipinski definition) is 4. The topological polar surface area (TPSA) is 58.9 Å². The highest BCUT2D eigenvalue weighted by atomic mass is 127. The summed E-state index contributed by atoms with van der Waals surface area (Å²) in [5.41, 5.74) is 6.06. The molecule has 28 heavy (non-hydrogen) atoms. The maximum absolute atomic E-state index is 12.3. The Morgan fingerprint density at radius 2 is 1.93 bits per heavy atom. The molecule has 0 fully saturated rings. The van der Waals surface area contributed by atoms with E-state index in [1.165, 1.54) is 0 Å². The smallest absolute Gasteiger partial charge is 0.271 e. The van der Waals surface area contributed by atoms with E-state index in [4.69, 9.17) is 4.74 Å². The molecule has 0 saturated heterocycles. The lowest BCUT2D eigenvalue weighted by molar-refractivity contribution is 0.0954. The Kier molecular flexibility index (Phi) is 6.35. The van der Waals surface area contributed by atoms with E-state index in [1.807, 2.05) is 55.2 Å². The highest BCUT2D eigenvalue weighted by Gasteiger charge is 2.08. The van der Waals surface area contributed by atoms with Gasteiger partial charge in [0, 0.05) is 37.2 Å². The summed E-state index contributed by atoms with van der Waals surface area (Å²) in [5.74, 6) is 0.367. The van der Waals surface area contributed by atoms with Gasteiger partial charge in [0.1, 0.15) is 5.75 Å². The molecular formula is C21H21IN4O2. The minimum atomic E-state index is -0.292. The van der Waals surface area contributed by atoms with E-state index in [9.17, 15) is 4.79 Å². The SMILES string of the molecule is COc1cc(C(=O)N/N=C/c2cccn2-c2ccc(N(C)C)cc2)ccc1I. The first kappa shape index (κ1) is 19.9. The Balaban J connectivity index is 1.72. The van der Waals surface area contributed by atoms with E-state index in [0.29, 0.717) is 11.3 Å². The zero-order valence-corrected chi connectivity index (χ0v) is 18.0. The minimum Gasteiger partial charge on any atom is -0.496 e. The molecule has 0 aliphatic carbocycles. The molecule has 0 bridgehead atoms. The first-order valence-corrected chi connectivity index (χ1v) is 9.69. The molecular weight excluding hydrogens is 467 g/mol. The van der Waals surface area contributed by atoms with Crippen LogP contribution in [0.5, 0.6) is 5.75 Å². The van der Waals surface area contributed by atoms with E-state index >= 15 is 0 Å². The molecule has 0 radical (unpaired) electrons. The standard InChI is InChI=1S/C21H21IN4O2/c1-25(2)16-7-9-17(10-8-16)26-12-4-5-18(26)14-23-24-21(27)15-6-11-19(22)20(13-15)28-3/h4-14H,1-3H3,(H,24,27)/b23-14+. The van der Waals surface area contributed by atoms with Gasteiger partial charge in [-0.05, 0) is 77.2 Å². The molecule has 1 aromatic heterocycles. The molecule has 7 heteroatoms. The van der Waals surface area contributed by atoms with Crippen LogP contribution in [-0.2, 0) is 0 Å². The van der Waals surface area contributed by atoms with Crippen molar-refractivity contribution >= 4 is 40.4 Å². The molecule has 0 spiro atoms. The average molecular weight is 488 g/mol. The first-order valence-electron chi connectivity index (χ1n) is 8.61. The number of aromatic nitrogens is 1. The number of halogens is 1. The lowest BCUT2D eigenvalue weighted by Crippen LogP contribution is -2.18. The van der Waals surface area contributed by atoms with Crippen molar-refractivity contribution in [3.05, 3.63) is 75.6 Å². The lowest BCUT2D eigenvalue weighted by atomic mass is 10.2. The Bertz CT molecular complexity index is 994. The van der Waals surface area contributed by atoms with E-state index < -0.39 is 0 Å². The van der Waals surface area contributed by atoms with Crippen LogP contribution in [0.4, 0.5) is 5.69 Å². The minimum absolute atomic E-state index is 0.292. The monoisotopic (exact) mass is 488 g/mol. The molecule has 6 nitrogen and oxygen atoms in total. The van der Waals surface area contributed by atoms with Crippen LogP contribution in [-0.4, -0.2) is 37.9 Å². The third kappa shape index (κ3) is 4.53. The van der Waals surface area contributed by atoms with Crippen LogP contribution in [0.1, 0.15) is 16.1 Å². The number of benzene rings is 2. The van der Waals surface area contributed by atoms with Crippen LogP contribution in [0.3, 0.4) is 0 Å². The summed E-state index contributed by atoms with van der Waals surface area (Å²) in [5, 5.41) is 4.10. The molecule has 3 rings (SSSR count). The van der Waals surface area contributed by atoms with Crippen LogP contribution >= 0.6 is 22.6 Å². The van der Waals surface area contributed by atoms with Crippen LogP contribution in [0.15, 0.2) is 65.9 Å². The predicted molar refractivity (Wildman–Crippen MR) is 121 cm³/mol. The van der Waals surface area contributed by atoms with Crippen LogP contribution in [0, 0.1) is 3.57 Å². The molecule has 0 aliphatic rings. The van der Waals surface area contributed by atoms with E-state index in [1.54, 1.807) is 25.5 Å². The maximum Gasteiger partial charge on any atom is 0.271 e. The zero-order chi connectivity index (χ0) is 20.1. The second kappa shape index (κ2) is 8.92. The van der Waals surface area contributed by atoms with Crippen molar-refractivity contribution in [2.75, 3.05) is 26.1 Å². The third-order valence-electron chi connectivity index (χ3n) is 4.20. The molecule has 2 aromatic carbocycles. The van der Waals surface area contributed by atoms with Crippen LogP contribution in [0.2, 0.25) is 0 Å². The van der Waals surface area contributed by atoms with Crippen LogP contribution < -0.4 is 15.1 Å². The maximum atomic E-state index is 12.3. The van der Waals surface area contributed by atoms with Gasteiger partial charge in [-0.15, -0.1) is 0 Å². The van der Waals surface area contributed by atoms with Gasteiger partial charge in [0.05, 0.1) is 22.6 Å². The number of carbonyl (C=O) groups excluding carboxylic acids is 1. The number of nitrogens with one attached hydrogen (secondary N) is 1. The zero-order valence-electron chi connectivity index (χ0n) is 15.9. The van der Waals surface area contributed by atoms with Gasteiger partial charge < -0.3 is 14.2 Å². The average Bonchev–Trinajstić information content (AvgIpc) is 3.16. The predicted octanol–water partition coefficient (Wildman–Crippen LogP) is 3.92. The van der Waals surface area contributed by atoms with Crippen molar-refractivity contribution < 1.29 is 9.53 Å². The summed E-state index contributed by atoms with van der Waals surface area (Å²) in [7, 11) is 5.60. The van der Waals surface area contributed by atoms with Gasteiger partial charge in [-0.25, -0.2) is 5.43 Å². The van der Waals surface area contributed by atoms with E-state index in [0.717, 1.165) is 20.6 Å². The van der Waals surface area contributed by atoms with Crippen molar-refractivity contribution in [2.24, 2.45) is 5.10 Å². The molecule has 0 unspecified atom stereocenters. The molecule has 3 aromatic rings. The Morgan fingerprint density at radius 1 is 1.18 bits per heavy atom. The summed E-state index contributed by atoms with van der Waals surface area (Å²) in [6.45, 7) is 0. The molecule has 0 atom stereocenters. The molecule has 0 aliphatic heterocycles. The van der Waals surface area contributed by atoms with E-state index in [-0.39, 0.29) is 5.91 Å². The molecule has 0 saturated carbocycles. The second-order valence-electron chi connectivity index (χ2n) is 6.26. The van der Waals surface area contributed by atoms with Gasteiger partial charge in [0.2, 0.25) is 0 Å². The van der Waals surface area contributed by atoms with Crippen molar-refractivity contribution in [1.29, 1.82) is 0 Å². The van der Waals surface area contributed by atoms with Gasteiger partial charge >= 0.3 is 0 Å². The normalized spacial score (nSPS) is 10.9. The quantitative estimate of drug-likeness (QED) is 0.325. The van der Waals surface area contributed by atoms with Gasteiger partial charge in [-0.2, -0.15) is 5.10 Å². The highest BCUT2D eigenvalue weighted by Crippen LogP contribution is 2.21. The second-order valence-corrected chi connectivity index (χ2v) is 7.42. The number of hydrazone groups is 1. The Hall–Kier alpha value is -2.81. The largest absolute Gasteiger partial charge is 0.496 e. The number of nitrogens with zero attached hydrogens (tertiary/aromatic N) is 3. The highest BCUT2D eigenvalue weighted by molar-refractivity contribution is 14.1. The van der Waals surface area contributed by atoms with Crippen molar-refractivity contribution in [3.63, 3.8) is 0 Å². The summed E-state index contributed by atoms with van der Waals surface area (Å²) in [4.78, 5) is 14.4. The summed E-state index contributed by atoms with van der Waals surface area (Å²) in [6.07, 6.45) is 3.58. The summed E-state index contributed by atoms with van der Waals surface area (Å²) >= 11 is 2.16. The van der Waals surface area contributed by atoms with Crippen molar-refractivity contribution in [3.8, 4) is 11.4 Å². The molecule has 1 heterocycles. The fourth-order valence-corrected chi connectivity index (χ4v) is 3.22. The fourth-order valence-electron chi connectivity index (χ4n) is 2.67. The molecule has 144 valence electrons. The lowest BCUT2D eigenvalue weighted by Gasteiger charge is -2.13. The van der Waals surface area contributed by atoms with E-state index in [2.05, 4.69) is 50.2 Å². The van der Waals surface area contributed by atoms with Crippen molar-refractivity contribution in [2.45, 2.75) is 0 Å². The Labute approximate surface area is 178 Å². The third-order valence-corrected chi connectivity index (χ3v) is 5.09. The number of anilines is 1. The summed E-state index contributed by atoms with van der Waals surface area (Å²) < 4.78 is 8.20. The number of methoxy groups -OCH3 is 1. The number of ether oxygens (including phenoxy) is 1. The van der Waals surface area contributed by atoms with Gasteiger partial charge in [-0.1, -0.05) is 0 Å². The first-order chi connectivity index (χ1) is 13.5. The van der Waals surface area contributed by atoms with Gasteiger partial charge in [0.25, 0.3) is 5.91 Å². The summed E-state index contributed by atoms with van der Waals surface area (Å²) in [6, 6.07) is 17.3. The van der Waals surface area contributed by atoms with Gasteiger partial charge in [0.15, 0.2) is 0 Å². The fraction of sp³-hybridized carbons (Fsp3) is 0.143. The number of hydrogen-bond donors (Lipinski definition) is 1. The van der Waals surface area contributed by atoms with Crippen LogP contribution in [0.25, 0.3) is 5.69 Å². The Morgan fingerprint density at radius 3 is 2.61 bits per heavy atom. The van der Waals surface area contributed by atoms with Gasteiger partial charge in [-0.3, -0.25) is 4.79 Å². The number of amides is 1. The molecule has 1 N–H and O–H groups in total. The molecule has 1 amide bonds. The number of rotatable bonds is 6. The van der Waals surface area contributed by atoms with Crippen molar-refractivity contribution in [1.82, 2.24) is 9.99 Å². The number of carbonyl (C=O) groups is 1.